The third-order valence-corrected chi connectivity index (χ3v) is 7.48. The Morgan fingerprint density at radius 1 is 1.18 bits per heavy atom. The molecule has 180 valence electrons. The van der Waals surface area contributed by atoms with Crippen molar-refractivity contribution in [3.63, 3.8) is 0 Å². The number of pyridine rings is 1. The van der Waals surface area contributed by atoms with Crippen molar-refractivity contribution in [3.05, 3.63) is 46.9 Å². The maximum atomic E-state index is 13.6. The largest absolute Gasteiger partial charge is 0.396 e. The molecule has 2 aromatic rings. The number of urea groups is 1. The van der Waals surface area contributed by atoms with Crippen LogP contribution in [0.2, 0.25) is 0 Å². The van der Waals surface area contributed by atoms with Gasteiger partial charge in [0.05, 0.1) is 11.6 Å². The second kappa shape index (κ2) is 9.17. The number of aliphatic hydroxyl groups excluding tert-OH is 1. The summed E-state index contributed by atoms with van der Waals surface area (Å²) < 4.78 is 1.67. The smallest absolute Gasteiger partial charge is 0.318 e. The van der Waals surface area contributed by atoms with E-state index in [-0.39, 0.29) is 36.1 Å². The number of carbonyl (C=O) groups excluding carboxylic acids is 2. The van der Waals surface area contributed by atoms with E-state index in [9.17, 15) is 19.5 Å². The fourth-order valence-electron chi connectivity index (χ4n) is 5.97. The van der Waals surface area contributed by atoms with Crippen LogP contribution >= 0.6 is 0 Å². The van der Waals surface area contributed by atoms with Gasteiger partial charge in [-0.3, -0.25) is 9.59 Å². The van der Waals surface area contributed by atoms with Crippen LogP contribution in [0.4, 0.5) is 4.79 Å². The molecule has 1 saturated carbocycles. The van der Waals surface area contributed by atoms with Crippen molar-refractivity contribution in [2.24, 2.45) is 11.8 Å². The minimum atomic E-state index is -0.799. The molecule has 34 heavy (non-hydrogen) atoms. The third-order valence-electron chi connectivity index (χ3n) is 7.48. The van der Waals surface area contributed by atoms with E-state index in [0.29, 0.717) is 29.9 Å². The fourth-order valence-corrected chi connectivity index (χ4v) is 5.97. The average Bonchev–Trinajstić information content (AvgIpc) is 3.55. The van der Waals surface area contributed by atoms with Gasteiger partial charge in [0.15, 0.2) is 0 Å². The summed E-state index contributed by atoms with van der Waals surface area (Å²) in [6.45, 7) is 2.33. The van der Waals surface area contributed by atoms with Crippen molar-refractivity contribution in [3.8, 4) is 11.1 Å². The Morgan fingerprint density at radius 3 is 2.59 bits per heavy atom. The number of rotatable bonds is 5. The molecule has 10 nitrogen and oxygen atoms in total. The number of hydrogen-bond donors (Lipinski definition) is 3. The predicted octanol–water partition coefficient (Wildman–Crippen LogP) is 1.06. The van der Waals surface area contributed by atoms with Gasteiger partial charge in [0.1, 0.15) is 12.4 Å². The molecule has 2 fully saturated rings. The number of likely N-dealkylation sites (N-methyl/N-ethyl adjacent to an activating group) is 1. The van der Waals surface area contributed by atoms with Gasteiger partial charge < -0.3 is 25.2 Å². The number of fused-ring (bicyclic) bond motifs is 3. The highest BCUT2D eigenvalue weighted by atomic mass is 16.3. The number of amides is 3. The van der Waals surface area contributed by atoms with Crippen LogP contribution in [0.15, 0.2) is 35.6 Å². The fraction of sp³-hybridized carbons (Fsp3) is 0.542. The summed E-state index contributed by atoms with van der Waals surface area (Å²) in [5.41, 5.74) is 1.59. The van der Waals surface area contributed by atoms with Gasteiger partial charge in [0, 0.05) is 61.2 Å². The summed E-state index contributed by atoms with van der Waals surface area (Å²) in [5.74, 6) is -1.000. The first-order valence-corrected chi connectivity index (χ1v) is 12.0. The van der Waals surface area contributed by atoms with Crippen LogP contribution in [-0.4, -0.2) is 61.7 Å². The van der Waals surface area contributed by atoms with Crippen molar-refractivity contribution in [2.75, 3.05) is 13.2 Å². The number of carbonyl (C=O) groups is 2. The molecule has 0 radical (unpaired) electrons. The van der Waals surface area contributed by atoms with Gasteiger partial charge in [0.25, 0.3) is 5.56 Å². The molecular formula is C24H30N6O4. The molecule has 1 saturated heterocycles. The normalized spacial score (nSPS) is 25.8. The topological polar surface area (TPSA) is 129 Å². The second-order valence-corrected chi connectivity index (χ2v) is 9.35. The van der Waals surface area contributed by atoms with Gasteiger partial charge in [-0.25, -0.2) is 14.8 Å². The Kier molecular flexibility index (Phi) is 6.07. The predicted molar refractivity (Wildman–Crippen MR) is 124 cm³/mol. The zero-order valence-electron chi connectivity index (χ0n) is 19.2. The van der Waals surface area contributed by atoms with Crippen LogP contribution < -0.4 is 16.2 Å². The SMILES string of the molecule is CCNC(=O)[C@@H]1[C@@H](CO)[C@@H]2Cn3c(ccc(-c4cncnc4)c3=O)[C@@H]2N1C(=O)NC1CCCC1. The Balaban J connectivity index is 1.56. The van der Waals surface area contributed by atoms with E-state index in [4.69, 9.17) is 0 Å². The van der Waals surface area contributed by atoms with Crippen molar-refractivity contribution in [1.29, 1.82) is 0 Å². The minimum absolute atomic E-state index is 0.0815. The summed E-state index contributed by atoms with van der Waals surface area (Å²) in [7, 11) is 0. The van der Waals surface area contributed by atoms with Gasteiger partial charge in [0.2, 0.25) is 5.91 Å². The number of hydrogen-bond acceptors (Lipinski definition) is 6. The van der Waals surface area contributed by atoms with Crippen molar-refractivity contribution < 1.29 is 14.7 Å². The van der Waals surface area contributed by atoms with E-state index in [1.807, 2.05) is 13.0 Å². The summed E-state index contributed by atoms with van der Waals surface area (Å²) in [6, 6.07) is 2.08. The highest BCUT2D eigenvalue weighted by Gasteiger charge is 2.57. The first-order chi connectivity index (χ1) is 16.5. The number of nitrogens with one attached hydrogen (secondary N) is 2. The highest BCUT2D eigenvalue weighted by molar-refractivity contribution is 5.88. The van der Waals surface area contributed by atoms with Crippen molar-refractivity contribution >= 4 is 11.9 Å². The summed E-state index contributed by atoms with van der Waals surface area (Å²) in [6.07, 6.45) is 8.57. The van der Waals surface area contributed by atoms with E-state index < -0.39 is 18.0 Å². The lowest BCUT2D eigenvalue weighted by Crippen LogP contribution is -2.54. The van der Waals surface area contributed by atoms with Crippen LogP contribution in [0.25, 0.3) is 11.1 Å². The molecule has 2 aromatic heterocycles. The zero-order chi connectivity index (χ0) is 23.8. The quantitative estimate of drug-likeness (QED) is 0.604. The van der Waals surface area contributed by atoms with Crippen LogP contribution in [0, 0.1) is 11.8 Å². The molecule has 4 atom stereocenters. The molecule has 3 N–H and O–H groups in total. The molecular weight excluding hydrogens is 436 g/mol. The summed E-state index contributed by atoms with van der Waals surface area (Å²) >= 11 is 0. The first kappa shape index (κ1) is 22.5. The van der Waals surface area contributed by atoms with Gasteiger partial charge in [-0.15, -0.1) is 0 Å². The second-order valence-electron chi connectivity index (χ2n) is 9.35. The molecule has 0 aromatic carbocycles. The van der Waals surface area contributed by atoms with Crippen LogP contribution in [0.1, 0.15) is 44.3 Å². The standard InChI is InChI=1S/C24H30N6O4/c1-2-27-22(32)21-18(12-31)17-11-29-19(8-7-16(23(29)33)14-9-25-13-26-10-14)20(17)30(21)24(34)28-15-5-3-4-6-15/h7-10,13,15,17-18,20-21,31H,2-6,11-12H2,1H3,(H,27,32)(H,28,34)/t17-,18-,20+,21-/m0/s1. The average molecular weight is 467 g/mol. The third kappa shape index (κ3) is 3.66. The molecule has 5 rings (SSSR count). The Bertz CT molecular complexity index is 1130. The maximum Gasteiger partial charge on any atom is 0.318 e. The van der Waals surface area contributed by atoms with Crippen LogP contribution in [0.3, 0.4) is 0 Å². The minimum Gasteiger partial charge on any atom is -0.396 e. The van der Waals surface area contributed by atoms with Crippen LogP contribution in [0.5, 0.6) is 0 Å². The Hall–Kier alpha value is -3.27. The number of likely N-dealkylation sites (tertiary alicyclic amines) is 1. The van der Waals surface area contributed by atoms with Crippen molar-refractivity contribution in [2.45, 2.75) is 57.3 Å². The lowest BCUT2D eigenvalue weighted by atomic mass is 9.88. The zero-order valence-corrected chi connectivity index (χ0v) is 19.2. The van der Waals surface area contributed by atoms with Gasteiger partial charge in [-0.05, 0) is 31.9 Å². The van der Waals surface area contributed by atoms with Crippen molar-refractivity contribution in [1.82, 2.24) is 30.1 Å². The van der Waals surface area contributed by atoms with Crippen LogP contribution in [-0.2, 0) is 11.3 Å². The van der Waals surface area contributed by atoms with E-state index >= 15 is 0 Å². The number of nitrogens with zero attached hydrogens (tertiary/aromatic N) is 4. The van der Waals surface area contributed by atoms with E-state index in [1.165, 1.54) is 6.33 Å². The van der Waals surface area contributed by atoms with E-state index in [2.05, 4.69) is 20.6 Å². The molecule has 10 heteroatoms. The van der Waals surface area contributed by atoms with E-state index in [1.54, 1.807) is 27.9 Å². The molecule has 0 bridgehead atoms. The highest BCUT2D eigenvalue weighted by Crippen LogP contribution is 2.49. The first-order valence-electron chi connectivity index (χ1n) is 12.0. The Labute approximate surface area is 197 Å². The molecule has 4 heterocycles. The van der Waals surface area contributed by atoms with E-state index in [0.717, 1.165) is 25.7 Å². The molecule has 0 spiro atoms. The molecule has 3 amide bonds. The van der Waals surface area contributed by atoms with Gasteiger partial charge >= 0.3 is 6.03 Å². The monoisotopic (exact) mass is 466 g/mol. The number of aromatic nitrogens is 3. The molecule has 2 aliphatic heterocycles. The maximum absolute atomic E-state index is 13.6. The lowest BCUT2D eigenvalue weighted by molar-refractivity contribution is -0.126. The molecule has 1 aliphatic carbocycles. The lowest BCUT2D eigenvalue weighted by Gasteiger charge is -2.32. The molecule has 3 aliphatic rings. The molecule has 0 unspecified atom stereocenters. The van der Waals surface area contributed by atoms with Gasteiger partial charge in [-0.2, -0.15) is 0 Å². The van der Waals surface area contributed by atoms with Gasteiger partial charge in [-0.1, -0.05) is 12.8 Å². The number of aliphatic hydroxyl groups is 1. The Morgan fingerprint density at radius 2 is 1.91 bits per heavy atom. The summed E-state index contributed by atoms with van der Waals surface area (Å²) in [4.78, 5) is 49.7. The summed E-state index contributed by atoms with van der Waals surface area (Å²) in [5, 5.41) is 16.3.